The molecule has 1 amide bonds. The molecule has 2 aromatic rings. The zero-order chi connectivity index (χ0) is 17.7. The number of aryl methyl sites for hydroxylation is 1. The summed E-state index contributed by atoms with van der Waals surface area (Å²) in [5, 5.41) is 14.1. The number of benzene rings is 2. The van der Waals surface area contributed by atoms with Crippen LogP contribution in [0.4, 0.5) is 0 Å². The van der Waals surface area contributed by atoms with Crippen molar-refractivity contribution in [1.29, 1.82) is 0 Å². The second kappa shape index (κ2) is 8.17. The molecule has 2 rings (SSSR count). The van der Waals surface area contributed by atoms with Crippen molar-refractivity contribution in [2.24, 2.45) is 5.10 Å². The van der Waals surface area contributed by atoms with Crippen molar-refractivity contribution in [3.8, 4) is 11.5 Å². The van der Waals surface area contributed by atoms with Crippen LogP contribution in [0.15, 0.2) is 39.9 Å². The Morgan fingerprint density at radius 2 is 2.17 bits per heavy atom. The smallest absolute Gasteiger partial charge is 0.272 e. The number of phenols is 1. The fourth-order valence-electron chi connectivity index (χ4n) is 1.96. The van der Waals surface area contributed by atoms with Crippen molar-refractivity contribution in [2.75, 3.05) is 6.61 Å². The average molecular weight is 412 g/mol. The van der Waals surface area contributed by atoms with Crippen molar-refractivity contribution in [2.45, 2.75) is 13.8 Å². The Balaban J connectivity index is 2.12. The number of rotatable bonds is 5. The summed E-state index contributed by atoms with van der Waals surface area (Å²) in [5.74, 6) is -0.0511. The number of carbonyl (C=O) groups is 1. The van der Waals surface area contributed by atoms with Crippen molar-refractivity contribution in [3.05, 3.63) is 56.5 Å². The van der Waals surface area contributed by atoms with E-state index in [1.54, 1.807) is 30.3 Å². The topological polar surface area (TPSA) is 70.9 Å². The van der Waals surface area contributed by atoms with Gasteiger partial charge in [0.05, 0.1) is 27.9 Å². The maximum atomic E-state index is 12.1. The molecule has 0 spiro atoms. The van der Waals surface area contributed by atoms with Crippen LogP contribution in [0.2, 0.25) is 5.02 Å². The van der Waals surface area contributed by atoms with Gasteiger partial charge < -0.3 is 9.84 Å². The molecule has 0 aromatic heterocycles. The van der Waals surface area contributed by atoms with Gasteiger partial charge in [-0.2, -0.15) is 5.10 Å². The third kappa shape index (κ3) is 4.49. The third-order valence-electron chi connectivity index (χ3n) is 3.10. The molecule has 7 heteroatoms. The number of ether oxygens (including phenoxy) is 1. The van der Waals surface area contributed by atoms with Crippen molar-refractivity contribution < 1.29 is 14.6 Å². The van der Waals surface area contributed by atoms with Gasteiger partial charge in [-0.3, -0.25) is 4.79 Å². The SMILES string of the molecule is CCOc1cc(C=NNC(=O)c2ccc(C)cc2Cl)cc(Br)c1O. The number of nitrogens with zero attached hydrogens (tertiary/aromatic N) is 1. The highest BCUT2D eigenvalue weighted by molar-refractivity contribution is 9.10. The number of nitrogens with one attached hydrogen (secondary N) is 1. The highest BCUT2D eigenvalue weighted by atomic mass is 79.9. The van der Waals surface area contributed by atoms with Crippen LogP contribution in [0, 0.1) is 6.92 Å². The van der Waals surface area contributed by atoms with E-state index in [0.29, 0.717) is 33.0 Å². The molecule has 0 heterocycles. The minimum absolute atomic E-state index is 0.0180. The van der Waals surface area contributed by atoms with Crippen LogP contribution in [0.25, 0.3) is 0 Å². The fourth-order valence-corrected chi connectivity index (χ4v) is 2.74. The number of hydrogen-bond donors (Lipinski definition) is 2. The van der Waals surface area contributed by atoms with Gasteiger partial charge in [0.15, 0.2) is 11.5 Å². The Morgan fingerprint density at radius 1 is 1.42 bits per heavy atom. The minimum Gasteiger partial charge on any atom is -0.503 e. The number of carbonyl (C=O) groups excluding carboxylic acids is 1. The maximum Gasteiger partial charge on any atom is 0.272 e. The number of halogens is 2. The van der Waals surface area contributed by atoms with Gasteiger partial charge in [0.1, 0.15) is 0 Å². The van der Waals surface area contributed by atoms with Crippen LogP contribution in [0.3, 0.4) is 0 Å². The number of hydrazone groups is 1. The molecule has 0 radical (unpaired) electrons. The molecule has 2 aromatic carbocycles. The molecule has 0 saturated carbocycles. The predicted molar refractivity (Wildman–Crippen MR) is 98.2 cm³/mol. The lowest BCUT2D eigenvalue weighted by Crippen LogP contribution is -2.18. The van der Waals surface area contributed by atoms with E-state index in [-0.39, 0.29) is 5.75 Å². The molecule has 0 aliphatic carbocycles. The summed E-state index contributed by atoms with van der Waals surface area (Å²) in [6, 6.07) is 8.44. The van der Waals surface area contributed by atoms with Crippen molar-refractivity contribution in [1.82, 2.24) is 5.43 Å². The Bertz CT molecular complexity index is 794. The Labute approximate surface area is 153 Å². The van der Waals surface area contributed by atoms with Gasteiger partial charge in [0, 0.05) is 0 Å². The van der Waals surface area contributed by atoms with Gasteiger partial charge in [-0.15, -0.1) is 0 Å². The summed E-state index contributed by atoms with van der Waals surface area (Å²) >= 11 is 9.30. The van der Waals surface area contributed by atoms with Gasteiger partial charge in [0.2, 0.25) is 0 Å². The molecule has 0 fully saturated rings. The molecule has 0 unspecified atom stereocenters. The molecular weight excluding hydrogens is 396 g/mol. The molecule has 0 atom stereocenters. The molecule has 126 valence electrons. The van der Waals surface area contributed by atoms with E-state index in [2.05, 4.69) is 26.5 Å². The Kier molecular flexibility index (Phi) is 6.23. The summed E-state index contributed by atoms with van der Waals surface area (Å²) < 4.78 is 5.81. The molecule has 5 nitrogen and oxygen atoms in total. The van der Waals surface area contributed by atoms with E-state index in [0.717, 1.165) is 5.56 Å². The summed E-state index contributed by atoms with van der Waals surface area (Å²) in [5.41, 5.74) is 4.39. The lowest BCUT2D eigenvalue weighted by Gasteiger charge is -2.08. The summed E-state index contributed by atoms with van der Waals surface area (Å²) in [6.45, 7) is 4.13. The normalized spacial score (nSPS) is 10.8. The minimum atomic E-state index is -0.404. The van der Waals surface area contributed by atoms with Crippen LogP contribution >= 0.6 is 27.5 Å². The van der Waals surface area contributed by atoms with Crippen LogP contribution in [0.1, 0.15) is 28.4 Å². The first-order valence-electron chi connectivity index (χ1n) is 7.17. The number of aromatic hydroxyl groups is 1. The summed E-state index contributed by atoms with van der Waals surface area (Å²) in [6.07, 6.45) is 1.45. The molecule has 0 bridgehead atoms. The Morgan fingerprint density at radius 3 is 2.83 bits per heavy atom. The van der Waals surface area contributed by atoms with Crippen LogP contribution in [0.5, 0.6) is 11.5 Å². The molecule has 0 saturated heterocycles. The van der Waals surface area contributed by atoms with E-state index >= 15 is 0 Å². The zero-order valence-corrected chi connectivity index (χ0v) is 15.5. The molecule has 2 N–H and O–H groups in total. The first kappa shape index (κ1) is 18.3. The van der Waals surface area contributed by atoms with Gasteiger partial charge in [0.25, 0.3) is 5.91 Å². The van der Waals surface area contributed by atoms with Gasteiger partial charge in [-0.05, 0) is 65.2 Å². The highest BCUT2D eigenvalue weighted by Crippen LogP contribution is 2.35. The molecular formula is C17H16BrClN2O3. The molecule has 24 heavy (non-hydrogen) atoms. The van der Waals surface area contributed by atoms with Gasteiger partial charge in [-0.25, -0.2) is 5.43 Å². The second-order valence-electron chi connectivity index (χ2n) is 4.96. The lowest BCUT2D eigenvalue weighted by atomic mass is 10.1. The van der Waals surface area contributed by atoms with E-state index in [1.807, 2.05) is 13.8 Å². The standard InChI is InChI=1S/C17H16BrClN2O3/c1-3-24-15-8-11(7-13(18)16(15)22)9-20-21-17(23)12-5-4-10(2)6-14(12)19/h4-9,22H,3H2,1-2H3,(H,21,23). The van der Waals surface area contributed by atoms with E-state index in [4.69, 9.17) is 16.3 Å². The van der Waals surface area contributed by atoms with E-state index in [9.17, 15) is 9.90 Å². The van der Waals surface area contributed by atoms with Crippen molar-refractivity contribution in [3.63, 3.8) is 0 Å². The first-order valence-corrected chi connectivity index (χ1v) is 8.34. The van der Waals surface area contributed by atoms with Gasteiger partial charge in [-0.1, -0.05) is 17.7 Å². The van der Waals surface area contributed by atoms with Gasteiger partial charge >= 0.3 is 0 Å². The summed E-state index contributed by atoms with van der Waals surface area (Å²) in [4.78, 5) is 12.1. The van der Waals surface area contributed by atoms with E-state index < -0.39 is 5.91 Å². The summed E-state index contributed by atoms with van der Waals surface area (Å²) in [7, 11) is 0. The average Bonchev–Trinajstić information content (AvgIpc) is 2.52. The monoisotopic (exact) mass is 410 g/mol. The molecule has 0 aliphatic rings. The first-order chi connectivity index (χ1) is 11.4. The maximum absolute atomic E-state index is 12.1. The molecule has 0 aliphatic heterocycles. The number of phenolic OH excluding ortho intramolecular Hbond substituents is 1. The fraction of sp³-hybridized carbons (Fsp3) is 0.176. The number of amides is 1. The van der Waals surface area contributed by atoms with E-state index in [1.165, 1.54) is 6.21 Å². The largest absolute Gasteiger partial charge is 0.503 e. The second-order valence-corrected chi connectivity index (χ2v) is 6.23. The predicted octanol–water partition coefficient (Wildman–Crippen LogP) is 4.28. The van der Waals surface area contributed by atoms with Crippen LogP contribution < -0.4 is 10.2 Å². The zero-order valence-electron chi connectivity index (χ0n) is 13.1. The van der Waals surface area contributed by atoms with Crippen LogP contribution in [-0.2, 0) is 0 Å². The Hall–Kier alpha value is -2.05. The lowest BCUT2D eigenvalue weighted by molar-refractivity contribution is 0.0955. The van der Waals surface area contributed by atoms with Crippen LogP contribution in [-0.4, -0.2) is 23.8 Å². The quantitative estimate of drug-likeness (QED) is 0.570. The number of hydrogen-bond acceptors (Lipinski definition) is 4. The van der Waals surface area contributed by atoms with Crippen molar-refractivity contribution >= 4 is 39.7 Å². The highest BCUT2D eigenvalue weighted by Gasteiger charge is 2.10. The third-order valence-corrected chi connectivity index (χ3v) is 4.02.